The van der Waals surface area contributed by atoms with E-state index in [9.17, 15) is 4.39 Å². The summed E-state index contributed by atoms with van der Waals surface area (Å²) in [7, 11) is 1.76. The third-order valence-electron chi connectivity index (χ3n) is 2.78. The average Bonchev–Trinajstić information content (AvgIpc) is 2.61. The Labute approximate surface area is 110 Å². The predicted molar refractivity (Wildman–Crippen MR) is 68.5 cm³/mol. The van der Waals surface area contributed by atoms with E-state index in [-0.39, 0.29) is 5.82 Å². The van der Waals surface area contributed by atoms with Crippen LogP contribution in [0.5, 0.6) is 0 Å². The lowest BCUT2D eigenvalue weighted by Crippen LogP contribution is -2.30. The molecule has 0 aliphatic carbocycles. The molecular formula is C12H14ClFN4. The molecular weight excluding hydrogens is 255 g/mol. The Bertz CT molecular complexity index is 527. The van der Waals surface area contributed by atoms with E-state index in [0.29, 0.717) is 16.3 Å². The Morgan fingerprint density at radius 3 is 2.67 bits per heavy atom. The molecule has 6 heteroatoms. The molecule has 1 heterocycles. The molecule has 0 bridgehead atoms. The zero-order valence-electron chi connectivity index (χ0n) is 10.1. The molecule has 1 aromatic heterocycles. The van der Waals surface area contributed by atoms with Crippen molar-refractivity contribution >= 4 is 11.6 Å². The maximum atomic E-state index is 13.4. The quantitative estimate of drug-likeness (QED) is 0.662. The molecule has 4 nitrogen and oxygen atoms in total. The fraction of sp³-hybridized carbons (Fsp3) is 0.250. The lowest BCUT2D eigenvalue weighted by molar-refractivity contribution is 0.566. The topological polar surface area (TPSA) is 55.9 Å². The highest BCUT2D eigenvalue weighted by Gasteiger charge is 2.20. The number of aryl methyl sites for hydroxylation is 2. The first-order chi connectivity index (χ1) is 8.52. The summed E-state index contributed by atoms with van der Waals surface area (Å²) in [6.45, 7) is 1.82. The van der Waals surface area contributed by atoms with Gasteiger partial charge < -0.3 is 0 Å². The molecule has 18 heavy (non-hydrogen) atoms. The molecule has 0 spiro atoms. The smallest absolute Gasteiger partial charge is 0.123 e. The number of hydrazine groups is 1. The van der Waals surface area contributed by atoms with Gasteiger partial charge in [0.05, 0.1) is 23.0 Å². The van der Waals surface area contributed by atoms with E-state index in [1.165, 1.54) is 18.3 Å². The van der Waals surface area contributed by atoms with Gasteiger partial charge in [-0.1, -0.05) is 17.7 Å². The second kappa shape index (κ2) is 5.06. The van der Waals surface area contributed by atoms with E-state index >= 15 is 0 Å². The number of aromatic nitrogens is 2. The van der Waals surface area contributed by atoms with Gasteiger partial charge >= 0.3 is 0 Å². The van der Waals surface area contributed by atoms with Gasteiger partial charge in [-0.05, 0) is 30.2 Å². The molecule has 2 rings (SSSR count). The molecule has 0 saturated carbocycles. The maximum absolute atomic E-state index is 13.4. The van der Waals surface area contributed by atoms with Crippen LogP contribution in [-0.4, -0.2) is 9.78 Å². The van der Waals surface area contributed by atoms with Crippen LogP contribution in [0.4, 0.5) is 4.39 Å². The Morgan fingerprint density at radius 1 is 1.44 bits per heavy atom. The number of nitrogens with two attached hydrogens (primary N) is 1. The average molecular weight is 269 g/mol. The largest absolute Gasteiger partial charge is 0.271 e. The van der Waals surface area contributed by atoms with Crippen molar-refractivity contribution < 1.29 is 4.39 Å². The fourth-order valence-corrected chi connectivity index (χ4v) is 2.28. The van der Waals surface area contributed by atoms with Crippen LogP contribution in [0.1, 0.15) is 22.9 Å². The SMILES string of the molecule is Cc1cc(F)cc(C(NN)c2c(Cl)cnn2C)c1. The van der Waals surface area contributed by atoms with E-state index in [1.54, 1.807) is 11.7 Å². The minimum atomic E-state index is -0.403. The van der Waals surface area contributed by atoms with Gasteiger partial charge in [0, 0.05) is 7.05 Å². The predicted octanol–water partition coefficient (Wildman–Crippen LogP) is 2.07. The van der Waals surface area contributed by atoms with Gasteiger partial charge in [0.15, 0.2) is 0 Å². The van der Waals surface area contributed by atoms with E-state index < -0.39 is 6.04 Å². The number of nitrogens with one attached hydrogen (secondary N) is 1. The lowest BCUT2D eigenvalue weighted by Gasteiger charge is -2.18. The third-order valence-corrected chi connectivity index (χ3v) is 3.07. The number of hydrogen-bond donors (Lipinski definition) is 2. The van der Waals surface area contributed by atoms with E-state index in [1.807, 2.05) is 13.0 Å². The van der Waals surface area contributed by atoms with Crippen LogP contribution in [0, 0.1) is 12.7 Å². The molecule has 3 N–H and O–H groups in total. The van der Waals surface area contributed by atoms with Gasteiger partial charge in [0.25, 0.3) is 0 Å². The first-order valence-electron chi connectivity index (χ1n) is 5.43. The summed E-state index contributed by atoms with van der Waals surface area (Å²) >= 11 is 6.08. The summed E-state index contributed by atoms with van der Waals surface area (Å²) in [5.41, 5.74) is 4.87. The van der Waals surface area contributed by atoms with Crippen molar-refractivity contribution in [3.8, 4) is 0 Å². The highest BCUT2D eigenvalue weighted by molar-refractivity contribution is 6.31. The van der Waals surface area contributed by atoms with Gasteiger partial charge in [-0.25, -0.2) is 9.82 Å². The molecule has 0 radical (unpaired) electrons. The molecule has 0 saturated heterocycles. The number of benzene rings is 1. The minimum absolute atomic E-state index is 0.302. The van der Waals surface area contributed by atoms with Gasteiger partial charge in [-0.15, -0.1) is 0 Å². The van der Waals surface area contributed by atoms with Crippen LogP contribution in [0.15, 0.2) is 24.4 Å². The number of rotatable bonds is 3. The van der Waals surface area contributed by atoms with Gasteiger partial charge in [0.2, 0.25) is 0 Å². The molecule has 1 aromatic carbocycles. The van der Waals surface area contributed by atoms with Crippen LogP contribution < -0.4 is 11.3 Å². The Balaban J connectivity index is 2.52. The second-order valence-corrected chi connectivity index (χ2v) is 4.57. The van der Waals surface area contributed by atoms with Crippen molar-refractivity contribution in [3.05, 3.63) is 52.1 Å². The molecule has 2 aromatic rings. The van der Waals surface area contributed by atoms with Crippen LogP contribution in [0.2, 0.25) is 5.02 Å². The highest BCUT2D eigenvalue weighted by atomic mass is 35.5. The molecule has 0 aliphatic heterocycles. The summed E-state index contributed by atoms with van der Waals surface area (Å²) in [6, 6.07) is 4.35. The van der Waals surface area contributed by atoms with Crippen molar-refractivity contribution in [1.82, 2.24) is 15.2 Å². The molecule has 96 valence electrons. The summed E-state index contributed by atoms with van der Waals surface area (Å²) in [4.78, 5) is 0. The maximum Gasteiger partial charge on any atom is 0.123 e. The zero-order valence-corrected chi connectivity index (χ0v) is 10.9. The molecule has 1 atom stereocenters. The van der Waals surface area contributed by atoms with Crippen LogP contribution in [0.3, 0.4) is 0 Å². The van der Waals surface area contributed by atoms with Crippen LogP contribution >= 0.6 is 11.6 Å². The minimum Gasteiger partial charge on any atom is -0.271 e. The van der Waals surface area contributed by atoms with Crippen LogP contribution in [-0.2, 0) is 7.05 Å². The van der Waals surface area contributed by atoms with Gasteiger partial charge in [-0.2, -0.15) is 5.10 Å². The van der Waals surface area contributed by atoms with Crippen molar-refractivity contribution in [2.75, 3.05) is 0 Å². The monoisotopic (exact) mass is 268 g/mol. The van der Waals surface area contributed by atoms with Crippen molar-refractivity contribution in [3.63, 3.8) is 0 Å². The van der Waals surface area contributed by atoms with Crippen molar-refractivity contribution in [1.29, 1.82) is 0 Å². The number of hydrogen-bond acceptors (Lipinski definition) is 3. The Kier molecular flexibility index (Phi) is 3.65. The molecule has 0 aliphatic rings. The standard InChI is InChI=1S/C12H14ClFN4/c1-7-3-8(5-9(14)4-7)11(17-15)12-10(13)6-16-18(12)2/h3-6,11,17H,15H2,1-2H3. The van der Waals surface area contributed by atoms with Crippen LogP contribution in [0.25, 0.3) is 0 Å². The van der Waals surface area contributed by atoms with Crippen molar-refractivity contribution in [2.24, 2.45) is 12.9 Å². The Morgan fingerprint density at radius 2 is 2.17 bits per heavy atom. The van der Waals surface area contributed by atoms with Gasteiger partial charge in [-0.3, -0.25) is 10.5 Å². The third kappa shape index (κ3) is 2.38. The first kappa shape index (κ1) is 13.0. The molecule has 0 amide bonds. The summed E-state index contributed by atoms with van der Waals surface area (Å²) in [5, 5.41) is 4.54. The number of halogens is 2. The normalized spacial score (nSPS) is 12.7. The highest BCUT2D eigenvalue weighted by Crippen LogP contribution is 2.28. The fourth-order valence-electron chi connectivity index (χ4n) is 2.01. The molecule has 1 unspecified atom stereocenters. The van der Waals surface area contributed by atoms with E-state index in [0.717, 1.165) is 5.56 Å². The van der Waals surface area contributed by atoms with E-state index in [4.69, 9.17) is 17.4 Å². The molecule has 0 fully saturated rings. The zero-order chi connectivity index (χ0) is 13.3. The second-order valence-electron chi connectivity index (χ2n) is 4.16. The Hall–Kier alpha value is -1.43. The summed E-state index contributed by atoms with van der Waals surface area (Å²) in [6.07, 6.45) is 1.54. The summed E-state index contributed by atoms with van der Waals surface area (Å²) in [5.74, 6) is 5.26. The van der Waals surface area contributed by atoms with Gasteiger partial charge in [0.1, 0.15) is 5.82 Å². The first-order valence-corrected chi connectivity index (χ1v) is 5.81. The van der Waals surface area contributed by atoms with E-state index in [2.05, 4.69) is 10.5 Å². The van der Waals surface area contributed by atoms with Crippen molar-refractivity contribution in [2.45, 2.75) is 13.0 Å². The number of nitrogens with zero attached hydrogens (tertiary/aromatic N) is 2. The summed E-state index contributed by atoms with van der Waals surface area (Å²) < 4.78 is 15.1. The lowest BCUT2D eigenvalue weighted by atomic mass is 10.0.